The molecule has 0 saturated carbocycles. The number of nitrogens with one attached hydrogen (secondary N) is 1. The Morgan fingerprint density at radius 1 is 1.27 bits per heavy atom. The summed E-state index contributed by atoms with van der Waals surface area (Å²) in [5, 5.41) is 13.7. The first-order valence-corrected chi connectivity index (χ1v) is 7.24. The van der Waals surface area contributed by atoms with E-state index in [9.17, 15) is 9.90 Å². The summed E-state index contributed by atoms with van der Waals surface area (Å²) in [6.45, 7) is 0. The number of carbonyl (C=O) groups excluding carboxylic acids is 1. The van der Waals surface area contributed by atoms with Gasteiger partial charge < -0.3 is 19.6 Å². The molecule has 0 bridgehead atoms. The van der Waals surface area contributed by atoms with Gasteiger partial charge in [-0.15, -0.1) is 0 Å². The number of hydrogen-bond acceptors (Lipinski definition) is 4. The highest BCUT2D eigenvalue weighted by atomic mass is 79.9. The topological polar surface area (TPSA) is 71.7 Å². The minimum Gasteiger partial charge on any atom is -0.506 e. The van der Waals surface area contributed by atoms with E-state index in [2.05, 4.69) is 21.2 Å². The van der Waals surface area contributed by atoms with Gasteiger partial charge in [-0.25, -0.2) is 0 Å². The van der Waals surface area contributed by atoms with E-state index < -0.39 is 5.91 Å². The van der Waals surface area contributed by atoms with Gasteiger partial charge in [0.15, 0.2) is 5.58 Å². The fourth-order valence-electron chi connectivity index (χ4n) is 2.26. The summed E-state index contributed by atoms with van der Waals surface area (Å²) in [5.41, 5.74) is 1.09. The lowest BCUT2D eigenvalue weighted by molar-refractivity contribution is 0.102. The Balaban J connectivity index is 2.13. The maximum Gasteiger partial charge on any atom is 0.263 e. The number of ether oxygens (including phenoxy) is 1. The minimum absolute atomic E-state index is 0.0483. The van der Waals surface area contributed by atoms with Gasteiger partial charge in [-0.05, 0) is 34.1 Å². The van der Waals surface area contributed by atoms with Gasteiger partial charge in [0.25, 0.3) is 5.91 Å². The van der Waals surface area contributed by atoms with Crippen molar-refractivity contribution < 1.29 is 19.1 Å². The van der Waals surface area contributed by atoms with E-state index in [4.69, 9.17) is 9.15 Å². The Kier molecular flexibility index (Phi) is 3.77. The van der Waals surface area contributed by atoms with Crippen molar-refractivity contribution in [2.75, 3.05) is 12.4 Å². The first kappa shape index (κ1) is 14.5. The van der Waals surface area contributed by atoms with E-state index in [-0.39, 0.29) is 17.1 Å². The van der Waals surface area contributed by atoms with Crippen LogP contribution < -0.4 is 10.1 Å². The number of phenolic OH excluding ortho intramolecular Hbond substituents is 1. The number of carbonyl (C=O) groups is 1. The number of furan rings is 1. The van der Waals surface area contributed by atoms with E-state index in [1.807, 2.05) is 18.2 Å². The number of phenols is 1. The maximum absolute atomic E-state index is 12.5. The molecule has 0 aliphatic rings. The summed E-state index contributed by atoms with van der Waals surface area (Å²) in [7, 11) is 1.44. The van der Waals surface area contributed by atoms with Crippen LogP contribution in [0.4, 0.5) is 5.69 Å². The van der Waals surface area contributed by atoms with Crippen LogP contribution in [0.3, 0.4) is 0 Å². The van der Waals surface area contributed by atoms with Crippen LogP contribution in [0, 0.1) is 0 Å². The second-order valence-electron chi connectivity index (χ2n) is 4.55. The highest BCUT2D eigenvalue weighted by molar-refractivity contribution is 9.10. The lowest BCUT2D eigenvalue weighted by Gasteiger charge is -2.13. The SMILES string of the molecule is COc1c(C(=O)Nc2ccccc2)c(O)c(Br)c2occc12. The number of anilines is 1. The number of para-hydroxylation sites is 1. The molecule has 0 fully saturated rings. The second-order valence-corrected chi connectivity index (χ2v) is 5.35. The molecule has 2 aromatic carbocycles. The zero-order chi connectivity index (χ0) is 15.7. The Morgan fingerprint density at radius 3 is 2.68 bits per heavy atom. The zero-order valence-corrected chi connectivity index (χ0v) is 13.2. The van der Waals surface area contributed by atoms with Gasteiger partial charge in [-0.3, -0.25) is 4.79 Å². The number of amides is 1. The summed E-state index contributed by atoms with van der Waals surface area (Å²) in [4.78, 5) is 12.5. The van der Waals surface area contributed by atoms with Crippen molar-refractivity contribution in [1.29, 1.82) is 0 Å². The molecule has 6 heteroatoms. The average Bonchev–Trinajstić information content (AvgIpc) is 3.01. The predicted molar refractivity (Wildman–Crippen MR) is 86.5 cm³/mol. The molecule has 3 aromatic rings. The third-order valence-electron chi connectivity index (χ3n) is 3.24. The average molecular weight is 362 g/mol. The molecule has 5 nitrogen and oxygen atoms in total. The highest BCUT2D eigenvalue weighted by Gasteiger charge is 2.25. The largest absolute Gasteiger partial charge is 0.506 e. The normalized spacial score (nSPS) is 10.6. The van der Waals surface area contributed by atoms with Crippen molar-refractivity contribution in [1.82, 2.24) is 0 Å². The Morgan fingerprint density at radius 2 is 2.00 bits per heavy atom. The van der Waals surface area contributed by atoms with Crippen molar-refractivity contribution in [3.05, 3.63) is 52.7 Å². The number of halogens is 1. The van der Waals surface area contributed by atoms with Gasteiger partial charge in [0, 0.05) is 5.69 Å². The minimum atomic E-state index is -0.468. The van der Waals surface area contributed by atoms with Crippen LogP contribution in [0.1, 0.15) is 10.4 Å². The van der Waals surface area contributed by atoms with Crippen molar-refractivity contribution in [3.8, 4) is 11.5 Å². The number of benzene rings is 2. The molecule has 1 heterocycles. The molecule has 3 rings (SSSR count). The summed E-state index contributed by atoms with van der Waals surface area (Å²) in [5.74, 6) is -0.435. The third-order valence-corrected chi connectivity index (χ3v) is 3.98. The van der Waals surface area contributed by atoms with Crippen LogP contribution in [0.15, 0.2) is 51.6 Å². The van der Waals surface area contributed by atoms with Gasteiger partial charge in [-0.1, -0.05) is 18.2 Å². The summed E-state index contributed by atoms with van der Waals surface area (Å²) in [6.07, 6.45) is 1.47. The molecule has 1 aromatic heterocycles. The Hall–Kier alpha value is -2.47. The fraction of sp³-hybridized carbons (Fsp3) is 0.0625. The molecule has 0 aliphatic carbocycles. The number of fused-ring (bicyclic) bond motifs is 1. The molecule has 0 unspecified atom stereocenters. The number of methoxy groups -OCH3 is 1. The van der Waals surface area contributed by atoms with Crippen molar-refractivity contribution >= 4 is 38.5 Å². The second kappa shape index (κ2) is 5.73. The van der Waals surface area contributed by atoms with Crippen LogP contribution in [-0.4, -0.2) is 18.1 Å². The van der Waals surface area contributed by atoms with Crippen molar-refractivity contribution in [3.63, 3.8) is 0 Å². The van der Waals surface area contributed by atoms with Crippen LogP contribution >= 0.6 is 15.9 Å². The highest BCUT2D eigenvalue weighted by Crippen LogP contribution is 2.43. The Labute approximate surface area is 134 Å². The van der Waals surface area contributed by atoms with Crippen molar-refractivity contribution in [2.45, 2.75) is 0 Å². The number of hydrogen-bond donors (Lipinski definition) is 2. The summed E-state index contributed by atoms with van der Waals surface area (Å²) < 4.78 is 10.9. The molecule has 0 spiro atoms. The standard InChI is InChI=1S/C16H12BrNO4/c1-21-14-10-7-8-22-15(10)12(17)13(19)11(14)16(20)18-9-5-3-2-4-6-9/h2-8,19H,1H3,(H,18,20). The molecule has 0 saturated heterocycles. The first-order chi connectivity index (χ1) is 10.6. The first-order valence-electron chi connectivity index (χ1n) is 6.45. The van der Waals surface area contributed by atoms with Gasteiger partial charge in [0.1, 0.15) is 21.5 Å². The predicted octanol–water partition coefficient (Wildman–Crippen LogP) is 4.16. The third kappa shape index (κ3) is 2.31. The lowest BCUT2D eigenvalue weighted by Crippen LogP contribution is -2.13. The quantitative estimate of drug-likeness (QED) is 0.734. The van der Waals surface area contributed by atoms with E-state index in [0.29, 0.717) is 21.1 Å². The molecular weight excluding hydrogens is 350 g/mol. The molecule has 112 valence electrons. The summed E-state index contributed by atoms with van der Waals surface area (Å²) in [6, 6.07) is 10.7. The molecular formula is C16H12BrNO4. The molecule has 0 radical (unpaired) electrons. The molecule has 0 aliphatic heterocycles. The monoisotopic (exact) mass is 361 g/mol. The van der Waals surface area contributed by atoms with Crippen LogP contribution in [-0.2, 0) is 0 Å². The van der Waals surface area contributed by atoms with E-state index >= 15 is 0 Å². The number of aromatic hydroxyl groups is 1. The maximum atomic E-state index is 12.5. The summed E-state index contributed by atoms with van der Waals surface area (Å²) >= 11 is 3.25. The van der Waals surface area contributed by atoms with Gasteiger partial charge in [-0.2, -0.15) is 0 Å². The number of rotatable bonds is 3. The molecule has 0 atom stereocenters. The van der Waals surface area contributed by atoms with Gasteiger partial charge in [0.2, 0.25) is 0 Å². The smallest absolute Gasteiger partial charge is 0.263 e. The fourth-order valence-corrected chi connectivity index (χ4v) is 2.76. The van der Waals surface area contributed by atoms with Gasteiger partial charge in [0.05, 0.1) is 18.8 Å². The van der Waals surface area contributed by atoms with E-state index in [0.717, 1.165) is 0 Å². The lowest BCUT2D eigenvalue weighted by atomic mass is 10.1. The van der Waals surface area contributed by atoms with Gasteiger partial charge >= 0.3 is 0 Å². The van der Waals surface area contributed by atoms with Crippen LogP contribution in [0.2, 0.25) is 0 Å². The molecule has 1 amide bonds. The van der Waals surface area contributed by atoms with E-state index in [1.54, 1.807) is 18.2 Å². The zero-order valence-electron chi connectivity index (χ0n) is 11.6. The molecule has 22 heavy (non-hydrogen) atoms. The van der Waals surface area contributed by atoms with Crippen LogP contribution in [0.25, 0.3) is 11.0 Å². The Bertz CT molecular complexity index is 842. The molecule has 2 N–H and O–H groups in total. The van der Waals surface area contributed by atoms with Crippen LogP contribution in [0.5, 0.6) is 11.5 Å². The van der Waals surface area contributed by atoms with E-state index in [1.165, 1.54) is 13.4 Å². The van der Waals surface area contributed by atoms with Crippen molar-refractivity contribution in [2.24, 2.45) is 0 Å².